The Hall–Kier alpha value is -3.46. The van der Waals surface area contributed by atoms with Crippen molar-refractivity contribution in [2.24, 2.45) is 0 Å². The van der Waals surface area contributed by atoms with E-state index >= 15 is 0 Å². The van der Waals surface area contributed by atoms with Crippen LogP contribution in [0.15, 0.2) is 59.4 Å². The largest absolute Gasteiger partial charge is 0.383 e. The molecule has 0 bridgehead atoms. The summed E-state index contributed by atoms with van der Waals surface area (Å²) in [6.07, 6.45) is 1.77. The average Bonchev–Trinajstić information content (AvgIpc) is 3.11. The van der Waals surface area contributed by atoms with E-state index in [-0.39, 0.29) is 11.7 Å². The van der Waals surface area contributed by atoms with E-state index in [1.54, 1.807) is 31.4 Å². The summed E-state index contributed by atoms with van der Waals surface area (Å²) in [5, 5.41) is 13.3. The molecule has 2 N–H and O–H groups in total. The molecule has 152 valence electrons. The molecule has 0 radical (unpaired) electrons. The van der Waals surface area contributed by atoms with Crippen molar-refractivity contribution in [2.45, 2.75) is 19.4 Å². The molecule has 9 nitrogen and oxygen atoms in total. The summed E-state index contributed by atoms with van der Waals surface area (Å²) in [6.45, 7) is 1.29. The number of hydrogen-bond donors (Lipinski definition) is 2. The number of anilines is 1. The summed E-state index contributed by atoms with van der Waals surface area (Å²) >= 11 is 0. The van der Waals surface area contributed by atoms with E-state index in [4.69, 9.17) is 4.74 Å². The van der Waals surface area contributed by atoms with Crippen LogP contribution < -0.4 is 16.3 Å². The van der Waals surface area contributed by atoms with E-state index in [0.717, 1.165) is 12.8 Å². The minimum Gasteiger partial charge on any atom is -0.383 e. The van der Waals surface area contributed by atoms with Gasteiger partial charge in [0.25, 0.3) is 0 Å². The van der Waals surface area contributed by atoms with Crippen molar-refractivity contribution in [3.8, 4) is 5.69 Å². The van der Waals surface area contributed by atoms with Crippen molar-refractivity contribution in [1.82, 2.24) is 25.1 Å². The van der Waals surface area contributed by atoms with Crippen molar-refractivity contribution in [1.29, 1.82) is 0 Å². The predicted octanol–water partition coefficient (Wildman–Crippen LogP) is 1.83. The Morgan fingerprint density at radius 2 is 1.83 bits per heavy atom. The highest BCUT2D eigenvalue weighted by atomic mass is 16.5. The molecule has 0 spiro atoms. The number of aromatic nitrogens is 4. The second kappa shape index (κ2) is 10.2. The normalized spacial score (nSPS) is 10.7. The highest BCUT2D eigenvalue weighted by Gasteiger charge is 2.09. The van der Waals surface area contributed by atoms with Crippen molar-refractivity contribution < 1.29 is 9.53 Å². The van der Waals surface area contributed by atoms with Crippen LogP contribution in [0.25, 0.3) is 5.69 Å². The molecule has 0 aliphatic heterocycles. The maximum absolute atomic E-state index is 12.3. The van der Waals surface area contributed by atoms with Crippen LogP contribution in [0.1, 0.15) is 12.0 Å². The number of amides is 2. The van der Waals surface area contributed by atoms with Crippen molar-refractivity contribution in [2.75, 3.05) is 25.6 Å². The van der Waals surface area contributed by atoms with Crippen LogP contribution >= 0.6 is 0 Å². The van der Waals surface area contributed by atoms with Gasteiger partial charge >= 0.3 is 11.7 Å². The van der Waals surface area contributed by atoms with Gasteiger partial charge in [-0.15, -0.1) is 0 Å². The highest BCUT2D eigenvalue weighted by Crippen LogP contribution is 2.11. The average molecular weight is 396 g/mol. The highest BCUT2D eigenvalue weighted by molar-refractivity contribution is 5.89. The molecule has 2 aromatic carbocycles. The van der Waals surface area contributed by atoms with Gasteiger partial charge in [-0.2, -0.15) is 9.36 Å². The zero-order chi connectivity index (χ0) is 20.5. The van der Waals surface area contributed by atoms with Gasteiger partial charge in [0.2, 0.25) is 0 Å². The van der Waals surface area contributed by atoms with Crippen LogP contribution in [0.3, 0.4) is 0 Å². The Bertz CT molecular complexity index is 966. The first-order valence-electron chi connectivity index (χ1n) is 9.38. The van der Waals surface area contributed by atoms with Crippen molar-refractivity contribution in [3.05, 3.63) is 70.6 Å². The number of tetrazole rings is 1. The maximum Gasteiger partial charge on any atom is 0.368 e. The Morgan fingerprint density at radius 1 is 1.07 bits per heavy atom. The van der Waals surface area contributed by atoms with E-state index < -0.39 is 0 Å². The number of urea groups is 1. The monoisotopic (exact) mass is 396 g/mol. The number of carbonyl (C=O) groups excluding carboxylic acids is 1. The lowest BCUT2D eigenvalue weighted by molar-refractivity contribution is 0.181. The molecule has 9 heteroatoms. The predicted molar refractivity (Wildman–Crippen MR) is 109 cm³/mol. The van der Waals surface area contributed by atoms with Gasteiger partial charge in [0.05, 0.1) is 18.8 Å². The molecule has 29 heavy (non-hydrogen) atoms. The molecule has 0 saturated carbocycles. The van der Waals surface area contributed by atoms with Gasteiger partial charge in [-0.1, -0.05) is 30.3 Å². The van der Waals surface area contributed by atoms with Crippen LogP contribution in [0.5, 0.6) is 0 Å². The number of hydrogen-bond acceptors (Lipinski definition) is 5. The van der Waals surface area contributed by atoms with Gasteiger partial charge in [0, 0.05) is 19.3 Å². The fourth-order valence-corrected chi connectivity index (χ4v) is 2.75. The standard InChI is InChI=1S/C20H24N6O3/c1-29-15-14-25-20(28)26(24-23-25)18-11-9-17(10-12-18)22-19(27)21-13-5-8-16-6-3-2-4-7-16/h2-4,6-7,9-12H,5,8,13-15H2,1H3,(H2,21,22,27). The third-order valence-corrected chi connectivity index (χ3v) is 4.29. The molecular formula is C20H24N6O3. The van der Waals surface area contributed by atoms with E-state index in [9.17, 15) is 9.59 Å². The Labute approximate surface area is 168 Å². The minimum absolute atomic E-state index is 0.270. The molecule has 0 aliphatic rings. The summed E-state index contributed by atoms with van der Waals surface area (Å²) in [6, 6.07) is 16.7. The van der Waals surface area contributed by atoms with Crippen LogP contribution in [0.2, 0.25) is 0 Å². The van der Waals surface area contributed by atoms with Gasteiger partial charge in [-0.05, 0) is 53.1 Å². The van der Waals surface area contributed by atoms with E-state index in [0.29, 0.717) is 31.1 Å². The van der Waals surface area contributed by atoms with Crippen LogP contribution in [-0.2, 0) is 17.7 Å². The minimum atomic E-state index is -0.348. The SMILES string of the molecule is COCCn1nnn(-c2ccc(NC(=O)NCCCc3ccccc3)cc2)c1=O. The van der Waals surface area contributed by atoms with Crippen LogP contribution in [0, 0.1) is 0 Å². The molecule has 1 aromatic heterocycles. The third kappa shape index (κ3) is 5.76. The number of ether oxygens (including phenoxy) is 1. The van der Waals surface area contributed by atoms with Gasteiger partial charge in [-0.3, -0.25) is 0 Å². The van der Waals surface area contributed by atoms with Crippen molar-refractivity contribution in [3.63, 3.8) is 0 Å². The number of nitrogens with one attached hydrogen (secondary N) is 2. The summed E-state index contributed by atoms with van der Waals surface area (Å²) in [7, 11) is 1.56. The summed E-state index contributed by atoms with van der Waals surface area (Å²) in [4.78, 5) is 24.3. The summed E-state index contributed by atoms with van der Waals surface area (Å²) < 4.78 is 7.38. The quantitative estimate of drug-likeness (QED) is 0.537. The Kier molecular flexibility index (Phi) is 7.12. The van der Waals surface area contributed by atoms with E-state index in [2.05, 4.69) is 33.2 Å². The molecule has 3 rings (SSSR count). The van der Waals surface area contributed by atoms with Gasteiger partial charge in [0.15, 0.2) is 0 Å². The first-order chi connectivity index (χ1) is 14.2. The Morgan fingerprint density at radius 3 is 2.55 bits per heavy atom. The smallest absolute Gasteiger partial charge is 0.368 e. The number of rotatable bonds is 9. The number of methoxy groups -OCH3 is 1. The topological polar surface area (TPSA) is 103 Å². The summed E-state index contributed by atoms with van der Waals surface area (Å²) in [5.41, 5.74) is 2.08. The zero-order valence-electron chi connectivity index (χ0n) is 16.2. The number of aryl methyl sites for hydroxylation is 1. The lowest BCUT2D eigenvalue weighted by atomic mass is 10.1. The molecule has 0 aliphatic carbocycles. The summed E-state index contributed by atoms with van der Waals surface area (Å²) in [5.74, 6) is 0. The molecule has 3 aromatic rings. The second-order valence-electron chi connectivity index (χ2n) is 6.41. The molecule has 0 unspecified atom stereocenters. The lowest BCUT2D eigenvalue weighted by Crippen LogP contribution is -2.29. The van der Waals surface area contributed by atoms with E-state index in [1.807, 2.05) is 18.2 Å². The number of nitrogens with zero attached hydrogens (tertiary/aromatic N) is 4. The zero-order valence-corrected chi connectivity index (χ0v) is 16.2. The van der Waals surface area contributed by atoms with Crippen molar-refractivity contribution >= 4 is 11.7 Å². The first-order valence-corrected chi connectivity index (χ1v) is 9.38. The van der Waals surface area contributed by atoms with Gasteiger partial charge < -0.3 is 15.4 Å². The number of benzene rings is 2. The lowest BCUT2D eigenvalue weighted by Gasteiger charge is -2.08. The maximum atomic E-state index is 12.3. The first kappa shape index (κ1) is 20.3. The fourth-order valence-electron chi connectivity index (χ4n) is 2.75. The van der Waals surface area contributed by atoms with Gasteiger partial charge in [0.1, 0.15) is 0 Å². The number of carbonyl (C=O) groups is 1. The second-order valence-corrected chi connectivity index (χ2v) is 6.41. The van der Waals surface area contributed by atoms with E-state index in [1.165, 1.54) is 14.9 Å². The van der Waals surface area contributed by atoms with Crippen LogP contribution in [0.4, 0.5) is 10.5 Å². The molecule has 2 amide bonds. The molecule has 0 saturated heterocycles. The fraction of sp³-hybridized carbons (Fsp3) is 0.300. The van der Waals surface area contributed by atoms with Crippen LogP contribution in [-0.4, -0.2) is 46.1 Å². The molecular weight excluding hydrogens is 372 g/mol. The Balaban J connectivity index is 1.48. The van der Waals surface area contributed by atoms with Gasteiger partial charge in [-0.25, -0.2) is 9.59 Å². The third-order valence-electron chi connectivity index (χ3n) is 4.29. The molecule has 0 fully saturated rings. The molecule has 0 atom stereocenters. The molecule has 1 heterocycles.